The first-order valence-electron chi connectivity index (χ1n) is 6.94. The van der Waals surface area contributed by atoms with Gasteiger partial charge in [0.05, 0.1) is 12.0 Å². The summed E-state index contributed by atoms with van der Waals surface area (Å²) in [5.41, 5.74) is 0. The van der Waals surface area contributed by atoms with Crippen LogP contribution in [0.25, 0.3) is 0 Å². The van der Waals surface area contributed by atoms with Gasteiger partial charge in [-0.1, -0.05) is 0 Å². The quantitative estimate of drug-likeness (QED) is 0.725. The fraction of sp³-hybridized carbons (Fsp3) is 0.857. The molecule has 0 heterocycles. The summed E-state index contributed by atoms with van der Waals surface area (Å²) >= 11 is 0. The van der Waals surface area contributed by atoms with Crippen LogP contribution >= 0.6 is 0 Å². The maximum absolute atomic E-state index is 12.0. The molecule has 102 valence electrons. The maximum atomic E-state index is 12.0. The smallest absolute Gasteiger partial charge is 0.309 e. The fourth-order valence-electron chi connectivity index (χ4n) is 2.86. The first kappa shape index (κ1) is 13.5. The van der Waals surface area contributed by atoms with Gasteiger partial charge in [-0.15, -0.1) is 0 Å². The number of Topliss-reactive ketones (excluding diaryl/α,β-unsaturated/α-hetero) is 1. The molecule has 18 heavy (non-hydrogen) atoms. The Labute approximate surface area is 108 Å². The minimum atomic E-state index is -0.107. The summed E-state index contributed by atoms with van der Waals surface area (Å²) in [6, 6.07) is 0. The molecule has 2 atom stereocenters. The van der Waals surface area contributed by atoms with Gasteiger partial charge in [0, 0.05) is 26.4 Å². The van der Waals surface area contributed by atoms with Crippen LogP contribution in [0.2, 0.25) is 0 Å². The van der Waals surface area contributed by atoms with Gasteiger partial charge in [-0.05, 0) is 32.1 Å². The van der Waals surface area contributed by atoms with Crippen molar-refractivity contribution in [2.24, 2.45) is 5.92 Å². The minimum absolute atomic E-state index is 0.00817. The molecule has 0 aromatic heterocycles. The van der Waals surface area contributed by atoms with E-state index in [-0.39, 0.29) is 29.9 Å². The number of ketones is 1. The molecule has 0 N–H and O–H groups in total. The molecule has 0 bridgehead atoms. The van der Waals surface area contributed by atoms with Crippen LogP contribution in [0, 0.1) is 5.92 Å². The van der Waals surface area contributed by atoms with Gasteiger partial charge < -0.3 is 9.47 Å². The Bertz CT molecular complexity index is 303. The highest BCUT2D eigenvalue weighted by Crippen LogP contribution is 2.27. The number of hydrogen-bond donors (Lipinski definition) is 0. The molecule has 2 unspecified atom stereocenters. The van der Waals surface area contributed by atoms with E-state index in [0.717, 1.165) is 25.7 Å². The molecular formula is C14H22O4. The highest BCUT2D eigenvalue weighted by Gasteiger charge is 2.30. The molecule has 0 amide bonds. The molecule has 2 aliphatic carbocycles. The van der Waals surface area contributed by atoms with Gasteiger partial charge in [-0.25, -0.2) is 0 Å². The molecule has 0 aliphatic heterocycles. The molecular weight excluding hydrogens is 232 g/mol. The third-order valence-corrected chi connectivity index (χ3v) is 4.07. The van der Waals surface area contributed by atoms with Crippen molar-refractivity contribution in [1.29, 1.82) is 0 Å². The lowest BCUT2D eigenvalue weighted by Crippen LogP contribution is -2.32. The van der Waals surface area contributed by atoms with Crippen molar-refractivity contribution in [3.63, 3.8) is 0 Å². The van der Waals surface area contributed by atoms with Crippen molar-refractivity contribution in [2.75, 3.05) is 7.11 Å². The van der Waals surface area contributed by atoms with E-state index in [4.69, 9.17) is 9.47 Å². The Balaban J connectivity index is 1.78. The molecule has 0 spiro atoms. The van der Waals surface area contributed by atoms with Gasteiger partial charge in [-0.2, -0.15) is 0 Å². The summed E-state index contributed by atoms with van der Waals surface area (Å²) in [7, 11) is 1.71. The number of ether oxygens (including phenoxy) is 2. The number of rotatable bonds is 3. The molecule has 0 aromatic carbocycles. The molecule has 2 rings (SSSR count). The lowest BCUT2D eigenvalue weighted by Gasteiger charge is -2.29. The highest BCUT2D eigenvalue weighted by atomic mass is 16.5. The van der Waals surface area contributed by atoms with Crippen molar-refractivity contribution in [3.05, 3.63) is 0 Å². The summed E-state index contributed by atoms with van der Waals surface area (Å²) in [5, 5.41) is 0. The predicted octanol–water partition coefficient (Wildman–Crippen LogP) is 2.25. The van der Waals surface area contributed by atoms with Crippen LogP contribution in [-0.2, 0) is 19.1 Å². The molecule has 4 heteroatoms. The largest absolute Gasteiger partial charge is 0.462 e. The zero-order valence-electron chi connectivity index (χ0n) is 11.0. The van der Waals surface area contributed by atoms with Gasteiger partial charge in [-0.3, -0.25) is 9.59 Å². The van der Waals surface area contributed by atoms with Crippen molar-refractivity contribution < 1.29 is 19.1 Å². The molecule has 2 saturated carbocycles. The molecule has 0 aromatic rings. The average Bonchev–Trinajstić information content (AvgIpc) is 2.39. The number of esters is 1. The lowest BCUT2D eigenvalue weighted by molar-refractivity contribution is -0.159. The zero-order chi connectivity index (χ0) is 13.0. The summed E-state index contributed by atoms with van der Waals surface area (Å²) < 4.78 is 10.9. The standard InChI is InChI=1S/C14H22O4/c1-17-12-3-2-4-13(9-12)18-14(16)10-5-7-11(15)8-6-10/h10,12-13H,2-9H2,1H3. The van der Waals surface area contributed by atoms with E-state index in [1.807, 2.05) is 0 Å². The fourth-order valence-corrected chi connectivity index (χ4v) is 2.86. The SMILES string of the molecule is COC1CCCC(OC(=O)C2CCC(=O)CC2)C1. The summed E-state index contributed by atoms with van der Waals surface area (Å²) in [5.74, 6) is 0.103. The number of carbonyl (C=O) groups excluding carboxylic acids is 2. The van der Waals surface area contributed by atoms with E-state index in [1.165, 1.54) is 0 Å². The second-order valence-corrected chi connectivity index (χ2v) is 5.40. The minimum Gasteiger partial charge on any atom is -0.462 e. The topological polar surface area (TPSA) is 52.6 Å². The van der Waals surface area contributed by atoms with Gasteiger partial charge >= 0.3 is 5.97 Å². The second-order valence-electron chi connectivity index (χ2n) is 5.40. The maximum Gasteiger partial charge on any atom is 0.309 e. The van der Waals surface area contributed by atoms with E-state index in [1.54, 1.807) is 7.11 Å². The molecule has 4 nitrogen and oxygen atoms in total. The predicted molar refractivity (Wildman–Crippen MR) is 66.1 cm³/mol. The van der Waals surface area contributed by atoms with Crippen LogP contribution in [0.1, 0.15) is 51.4 Å². The molecule has 0 saturated heterocycles. The van der Waals surface area contributed by atoms with Gasteiger partial charge in [0.15, 0.2) is 0 Å². The number of hydrogen-bond acceptors (Lipinski definition) is 4. The van der Waals surface area contributed by atoms with Gasteiger partial charge in [0.2, 0.25) is 0 Å². The Morgan fingerprint density at radius 2 is 1.78 bits per heavy atom. The van der Waals surface area contributed by atoms with Crippen molar-refractivity contribution in [2.45, 2.75) is 63.6 Å². The third-order valence-electron chi connectivity index (χ3n) is 4.07. The third kappa shape index (κ3) is 3.55. The summed E-state index contributed by atoms with van der Waals surface area (Å²) in [4.78, 5) is 23.1. The molecule has 0 radical (unpaired) electrons. The Morgan fingerprint density at radius 3 is 2.44 bits per heavy atom. The van der Waals surface area contributed by atoms with Crippen LogP contribution in [-0.4, -0.2) is 31.1 Å². The number of carbonyl (C=O) groups is 2. The van der Waals surface area contributed by atoms with Crippen LogP contribution in [0.4, 0.5) is 0 Å². The highest BCUT2D eigenvalue weighted by molar-refractivity contribution is 5.82. The Kier molecular flexibility index (Phi) is 4.75. The van der Waals surface area contributed by atoms with Crippen molar-refractivity contribution in [3.8, 4) is 0 Å². The first-order valence-corrected chi connectivity index (χ1v) is 6.94. The molecule has 2 aliphatic rings. The Hall–Kier alpha value is -0.900. The zero-order valence-corrected chi connectivity index (χ0v) is 11.0. The normalized spacial score (nSPS) is 30.2. The second kappa shape index (κ2) is 6.32. The van der Waals surface area contributed by atoms with Crippen LogP contribution in [0.15, 0.2) is 0 Å². The molecule has 2 fully saturated rings. The summed E-state index contributed by atoms with van der Waals surface area (Å²) in [6.45, 7) is 0. The monoisotopic (exact) mass is 254 g/mol. The van der Waals surface area contributed by atoms with E-state index in [2.05, 4.69) is 0 Å². The van der Waals surface area contributed by atoms with Crippen LogP contribution in [0.5, 0.6) is 0 Å². The van der Waals surface area contributed by atoms with Crippen molar-refractivity contribution >= 4 is 11.8 Å². The average molecular weight is 254 g/mol. The Morgan fingerprint density at radius 1 is 1.11 bits per heavy atom. The van der Waals surface area contributed by atoms with E-state index < -0.39 is 0 Å². The van der Waals surface area contributed by atoms with Crippen LogP contribution in [0.3, 0.4) is 0 Å². The summed E-state index contributed by atoms with van der Waals surface area (Å²) in [6.07, 6.45) is 6.50. The number of methoxy groups -OCH3 is 1. The van der Waals surface area contributed by atoms with Gasteiger partial charge in [0.25, 0.3) is 0 Å². The van der Waals surface area contributed by atoms with E-state index >= 15 is 0 Å². The lowest BCUT2D eigenvalue weighted by atomic mass is 9.88. The van der Waals surface area contributed by atoms with Crippen LogP contribution < -0.4 is 0 Å². The van der Waals surface area contributed by atoms with E-state index in [0.29, 0.717) is 25.7 Å². The first-order chi connectivity index (χ1) is 8.69. The van der Waals surface area contributed by atoms with Gasteiger partial charge in [0.1, 0.15) is 11.9 Å². The van der Waals surface area contributed by atoms with E-state index in [9.17, 15) is 9.59 Å². The van der Waals surface area contributed by atoms with Crippen molar-refractivity contribution in [1.82, 2.24) is 0 Å².